The van der Waals surface area contributed by atoms with Crippen molar-refractivity contribution in [1.29, 1.82) is 0 Å². The third-order valence-corrected chi connectivity index (χ3v) is 4.38. The van der Waals surface area contributed by atoms with Crippen LogP contribution in [0.2, 0.25) is 0 Å². The largest absolute Gasteiger partial charge is 0.481 e. The highest BCUT2D eigenvalue weighted by Crippen LogP contribution is 2.32. The molecule has 1 atom stereocenters. The lowest BCUT2D eigenvalue weighted by atomic mass is 9.98. The van der Waals surface area contributed by atoms with Crippen LogP contribution in [0.4, 0.5) is 5.69 Å². The first-order chi connectivity index (χ1) is 12.2. The molecule has 0 aromatic heterocycles. The fraction of sp³-hybridized carbons (Fsp3) is 0.368. The zero-order chi connectivity index (χ0) is 17.6. The summed E-state index contributed by atoms with van der Waals surface area (Å²) in [5.74, 6) is 0.160. The van der Waals surface area contributed by atoms with Gasteiger partial charge in [-0.3, -0.25) is 4.79 Å². The molecule has 1 aliphatic rings. The topological polar surface area (TPSA) is 76.7 Å². The highest BCUT2D eigenvalue weighted by atomic mass is 35.5. The van der Waals surface area contributed by atoms with Gasteiger partial charge in [0.1, 0.15) is 5.75 Å². The molecule has 0 aliphatic carbocycles. The third kappa shape index (κ3) is 4.65. The van der Waals surface area contributed by atoms with E-state index >= 15 is 0 Å². The number of ether oxygens (including phenoxy) is 2. The number of hydrogen-bond acceptors (Lipinski definition) is 5. The Morgan fingerprint density at radius 1 is 1.19 bits per heavy atom. The van der Waals surface area contributed by atoms with Crippen molar-refractivity contribution < 1.29 is 19.1 Å². The van der Waals surface area contributed by atoms with Crippen LogP contribution in [0.5, 0.6) is 5.75 Å². The summed E-state index contributed by atoms with van der Waals surface area (Å²) in [4.78, 5) is 23.8. The molecule has 26 heavy (non-hydrogen) atoms. The molecule has 3 rings (SSSR count). The number of amides is 1. The molecule has 0 bridgehead atoms. The van der Waals surface area contributed by atoms with Gasteiger partial charge in [0.2, 0.25) is 5.91 Å². The standard InChI is InChI=1S/C19H22N2O4.ClH/c1-24-18(22)12-25-17-9-8-16(14-6-2-3-7-15(14)17)21-19(23)13-5-4-10-20-11-13;/h2-3,6-9,13,20H,4-5,10-12H2,1H3,(H,21,23);1H. The van der Waals surface area contributed by atoms with E-state index in [4.69, 9.17) is 4.74 Å². The second-order valence-corrected chi connectivity index (χ2v) is 6.05. The average Bonchev–Trinajstić information content (AvgIpc) is 2.67. The zero-order valence-corrected chi connectivity index (χ0v) is 15.4. The number of hydrogen-bond donors (Lipinski definition) is 2. The van der Waals surface area contributed by atoms with Crippen molar-refractivity contribution in [2.24, 2.45) is 5.92 Å². The zero-order valence-electron chi connectivity index (χ0n) is 14.6. The van der Waals surface area contributed by atoms with Crippen molar-refractivity contribution in [3.8, 4) is 5.75 Å². The van der Waals surface area contributed by atoms with Gasteiger partial charge in [0.15, 0.2) is 6.61 Å². The van der Waals surface area contributed by atoms with Crippen molar-refractivity contribution >= 4 is 40.7 Å². The summed E-state index contributed by atoms with van der Waals surface area (Å²) in [7, 11) is 1.32. The van der Waals surface area contributed by atoms with Crippen molar-refractivity contribution in [2.75, 3.05) is 32.1 Å². The Labute approximate surface area is 158 Å². The number of fused-ring (bicyclic) bond motifs is 1. The first-order valence-electron chi connectivity index (χ1n) is 8.42. The van der Waals surface area contributed by atoms with Crippen LogP contribution in [0.3, 0.4) is 0 Å². The molecular formula is C19H23ClN2O4. The molecule has 0 spiro atoms. The smallest absolute Gasteiger partial charge is 0.343 e. The molecule has 0 radical (unpaired) electrons. The first kappa shape index (κ1) is 20.0. The molecule has 2 N–H and O–H groups in total. The number of carbonyl (C=O) groups is 2. The summed E-state index contributed by atoms with van der Waals surface area (Å²) in [6.07, 6.45) is 1.91. The number of anilines is 1. The van der Waals surface area contributed by atoms with Gasteiger partial charge < -0.3 is 20.1 Å². The van der Waals surface area contributed by atoms with Gasteiger partial charge >= 0.3 is 5.97 Å². The first-order valence-corrected chi connectivity index (χ1v) is 8.42. The van der Waals surface area contributed by atoms with E-state index in [0.717, 1.165) is 35.8 Å². The van der Waals surface area contributed by atoms with Crippen molar-refractivity contribution in [3.05, 3.63) is 36.4 Å². The van der Waals surface area contributed by atoms with Crippen LogP contribution in [0.25, 0.3) is 10.8 Å². The van der Waals surface area contributed by atoms with Crippen LogP contribution in [-0.4, -0.2) is 38.7 Å². The molecule has 1 aliphatic heterocycles. The maximum Gasteiger partial charge on any atom is 0.343 e. The second kappa shape index (κ2) is 9.40. The van der Waals surface area contributed by atoms with Gasteiger partial charge in [-0.15, -0.1) is 12.4 Å². The number of halogens is 1. The molecule has 1 saturated heterocycles. The Hall–Kier alpha value is -2.31. The fourth-order valence-corrected chi connectivity index (χ4v) is 3.01. The molecule has 1 amide bonds. The Morgan fingerprint density at radius 2 is 1.96 bits per heavy atom. The normalized spacial score (nSPS) is 16.4. The summed E-state index contributed by atoms with van der Waals surface area (Å²) >= 11 is 0. The van der Waals surface area contributed by atoms with E-state index in [-0.39, 0.29) is 30.8 Å². The molecule has 7 heteroatoms. The summed E-state index contributed by atoms with van der Waals surface area (Å²) < 4.78 is 10.2. The lowest BCUT2D eigenvalue weighted by molar-refractivity contribution is -0.142. The van der Waals surface area contributed by atoms with Gasteiger partial charge in [-0.1, -0.05) is 24.3 Å². The lowest BCUT2D eigenvalue weighted by Gasteiger charge is -2.22. The van der Waals surface area contributed by atoms with E-state index in [1.54, 1.807) is 6.07 Å². The van der Waals surface area contributed by atoms with Gasteiger partial charge in [-0.25, -0.2) is 4.79 Å². The summed E-state index contributed by atoms with van der Waals surface area (Å²) in [5.41, 5.74) is 0.747. The number of esters is 1. The molecule has 1 heterocycles. The quantitative estimate of drug-likeness (QED) is 0.782. The van der Waals surface area contributed by atoms with E-state index in [2.05, 4.69) is 15.4 Å². The molecule has 1 unspecified atom stereocenters. The fourth-order valence-electron chi connectivity index (χ4n) is 3.01. The predicted molar refractivity (Wildman–Crippen MR) is 103 cm³/mol. The maximum absolute atomic E-state index is 12.5. The van der Waals surface area contributed by atoms with Gasteiger partial charge in [-0.2, -0.15) is 0 Å². The lowest BCUT2D eigenvalue weighted by Crippen LogP contribution is -2.37. The Morgan fingerprint density at radius 3 is 2.65 bits per heavy atom. The third-order valence-electron chi connectivity index (χ3n) is 4.38. The summed E-state index contributed by atoms with van der Waals surface area (Å²) in [6.45, 7) is 1.53. The van der Waals surface area contributed by atoms with Gasteiger partial charge in [0, 0.05) is 23.0 Å². The minimum Gasteiger partial charge on any atom is -0.481 e. The molecule has 2 aromatic carbocycles. The maximum atomic E-state index is 12.5. The van der Waals surface area contributed by atoms with Crippen molar-refractivity contribution in [2.45, 2.75) is 12.8 Å². The van der Waals surface area contributed by atoms with E-state index < -0.39 is 5.97 Å². The predicted octanol–water partition coefficient (Wildman–Crippen LogP) is 2.75. The Bertz CT molecular complexity index is 775. The number of carbonyl (C=O) groups excluding carboxylic acids is 2. The Balaban J connectivity index is 0.00000243. The number of piperidine rings is 1. The SMILES string of the molecule is COC(=O)COc1ccc(NC(=O)C2CCCNC2)c2ccccc12.Cl. The minimum absolute atomic E-state index is 0. The number of nitrogens with one attached hydrogen (secondary N) is 2. The van der Waals surface area contributed by atoms with Gasteiger partial charge in [0.05, 0.1) is 13.0 Å². The summed E-state index contributed by atoms with van der Waals surface area (Å²) in [6, 6.07) is 11.2. The minimum atomic E-state index is -0.439. The Kier molecular flexibility index (Phi) is 7.24. The molecule has 6 nitrogen and oxygen atoms in total. The van der Waals surface area contributed by atoms with Gasteiger partial charge in [-0.05, 0) is 31.5 Å². The van der Waals surface area contributed by atoms with Crippen molar-refractivity contribution in [1.82, 2.24) is 5.32 Å². The number of methoxy groups -OCH3 is 1. The van der Waals surface area contributed by atoms with Crippen LogP contribution in [0, 0.1) is 5.92 Å². The molecule has 140 valence electrons. The molecule has 2 aromatic rings. The molecular weight excluding hydrogens is 356 g/mol. The summed E-state index contributed by atoms with van der Waals surface area (Å²) in [5, 5.41) is 8.00. The van der Waals surface area contributed by atoms with E-state index in [1.807, 2.05) is 30.3 Å². The monoisotopic (exact) mass is 378 g/mol. The average molecular weight is 379 g/mol. The van der Waals surface area contributed by atoms with Crippen LogP contribution in [0.1, 0.15) is 12.8 Å². The highest BCUT2D eigenvalue weighted by molar-refractivity contribution is 6.04. The van der Waals surface area contributed by atoms with Crippen LogP contribution in [-0.2, 0) is 14.3 Å². The number of benzene rings is 2. The second-order valence-electron chi connectivity index (χ2n) is 6.05. The van der Waals surface area contributed by atoms with Gasteiger partial charge in [0.25, 0.3) is 0 Å². The highest BCUT2D eigenvalue weighted by Gasteiger charge is 2.21. The van der Waals surface area contributed by atoms with Crippen molar-refractivity contribution in [3.63, 3.8) is 0 Å². The van der Waals surface area contributed by atoms with E-state index in [0.29, 0.717) is 12.3 Å². The van der Waals surface area contributed by atoms with Crippen LogP contribution in [0.15, 0.2) is 36.4 Å². The number of rotatable bonds is 5. The molecule has 0 saturated carbocycles. The van der Waals surface area contributed by atoms with Crippen LogP contribution >= 0.6 is 12.4 Å². The van der Waals surface area contributed by atoms with E-state index in [1.165, 1.54) is 7.11 Å². The molecule has 1 fully saturated rings. The van der Waals surface area contributed by atoms with E-state index in [9.17, 15) is 9.59 Å². The van der Waals surface area contributed by atoms with Crippen LogP contribution < -0.4 is 15.4 Å².